The van der Waals surface area contributed by atoms with Gasteiger partial charge in [0.05, 0.1) is 11.7 Å². The first-order chi connectivity index (χ1) is 8.35. The van der Waals surface area contributed by atoms with E-state index in [2.05, 4.69) is 44.8 Å². The quantitative estimate of drug-likeness (QED) is 0.789. The minimum absolute atomic E-state index is 0.223. The first-order valence-electron chi connectivity index (χ1n) is 7.46. The molecule has 1 aliphatic heterocycles. The summed E-state index contributed by atoms with van der Waals surface area (Å²) in [7, 11) is 0. The Bertz CT molecular complexity index is 290. The zero-order chi connectivity index (χ0) is 13.9. The van der Waals surface area contributed by atoms with Crippen molar-refractivity contribution < 1.29 is 4.79 Å². The normalized spacial score (nSPS) is 30.3. The van der Waals surface area contributed by atoms with Crippen molar-refractivity contribution in [1.82, 2.24) is 10.2 Å². The number of carbonyl (C=O) groups is 1. The Morgan fingerprint density at radius 1 is 1.33 bits per heavy atom. The molecule has 1 heterocycles. The maximum Gasteiger partial charge on any atom is 0.244 e. The average Bonchev–Trinajstić information content (AvgIpc) is 2.51. The van der Waals surface area contributed by atoms with Gasteiger partial charge in [-0.05, 0) is 39.0 Å². The highest BCUT2D eigenvalue weighted by Crippen LogP contribution is 2.29. The van der Waals surface area contributed by atoms with Crippen molar-refractivity contribution in [1.29, 1.82) is 0 Å². The Kier molecular flexibility index (Phi) is 5.20. The lowest BCUT2D eigenvalue weighted by Crippen LogP contribution is -2.44. The molecule has 1 aliphatic rings. The predicted octanol–water partition coefficient (Wildman–Crippen LogP) is 3.15. The van der Waals surface area contributed by atoms with E-state index in [4.69, 9.17) is 0 Å². The largest absolute Gasteiger partial charge is 0.323 e. The summed E-state index contributed by atoms with van der Waals surface area (Å²) >= 11 is 0. The van der Waals surface area contributed by atoms with Gasteiger partial charge in [-0.25, -0.2) is 0 Å². The Balaban J connectivity index is 2.87. The predicted molar refractivity (Wildman–Crippen MR) is 76.3 cm³/mol. The van der Waals surface area contributed by atoms with Crippen LogP contribution >= 0.6 is 0 Å². The molecular weight excluding hydrogens is 224 g/mol. The molecule has 0 saturated carbocycles. The number of rotatable bonds is 6. The number of nitrogens with one attached hydrogen (secondary N) is 1. The van der Waals surface area contributed by atoms with Gasteiger partial charge in [0, 0.05) is 6.04 Å². The standard InChI is InChI=1S/C15H30N2O/c1-7-9-13-16-15(6,8-2)14(18)17(13)12(5)10-11(3)4/h11-13,16H,7-10H2,1-6H3. The minimum Gasteiger partial charge on any atom is -0.323 e. The van der Waals surface area contributed by atoms with Gasteiger partial charge in [-0.2, -0.15) is 0 Å². The number of amides is 1. The molecule has 0 radical (unpaired) electrons. The third-order valence-corrected chi connectivity index (χ3v) is 4.08. The summed E-state index contributed by atoms with van der Waals surface area (Å²) in [6, 6.07) is 0.329. The third-order valence-electron chi connectivity index (χ3n) is 4.08. The molecule has 0 aromatic heterocycles. The summed E-state index contributed by atoms with van der Waals surface area (Å²) in [6.45, 7) is 12.9. The molecule has 0 aromatic carbocycles. The maximum atomic E-state index is 12.6. The Labute approximate surface area is 112 Å². The van der Waals surface area contributed by atoms with E-state index >= 15 is 0 Å². The number of carbonyl (C=O) groups excluding carboxylic acids is 1. The van der Waals surface area contributed by atoms with Crippen LogP contribution in [0.25, 0.3) is 0 Å². The summed E-state index contributed by atoms with van der Waals surface area (Å²) < 4.78 is 0. The Hall–Kier alpha value is -0.570. The van der Waals surface area contributed by atoms with Crippen LogP contribution < -0.4 is 5.32 Å². The highest BCUT2D eigenvalue weighted by atomic mass is 16.2. The van der Waals surface area contributed by atoms with Gasteiger partial charge >= 0.3 is 0 Å². The molecule has 106 valence electrons. The fourth-order valence-corrected chi connectivity index (χ4v) is 2.97. The van der Waals surface area contributed by atoms with Gasteiger partial charge in [-0.1, -0.05) is 34.1 Å². The number of hydrogen-bond donors (Lipinski definition) is 1. The first kappa shape index (κ1) is 15.5. The van der Waals surface area contributed by atoms with Crippen LogP contribution in [0.15, 0.2) is 0 Å². The van der Waals surface area contributed by atoms with Crippen molar-refractivity contribution in [2.75, 3.05) is 0 Å². The molecule has 1 rings (SSSR count). The van der Waals surface area contributed by atoms with Crippen LogP contribution in [0, 0.1) is 5.92 Å². The van der Waals surface area contributed by atoms with Gasteiger partial charge in [0.25, 0.3) is 0 Å². The second-order valence-electron chi connectivity index (χ2n) is 6.33. The zero-order valence-electron chi connectivity index (χ0n) is 12.9. The molecule has 0 aromatic rings. The number of nitrogens with zero attached hydrogens (tertiary/aromatic N) is 1. The average molecular weight is 254 g/mol. The molecule has 18 heavy (non-hydrogen) atoms. The molecule has 1 amide bonds. The van der Waals surface area contributed by atoms with E-state index in [1.807, 2.05) is 6.92 Å². The Morgan fingerprint density at radius 3 is 2.39 bits per heavy atom. The summed E-state index contributed by atoms with van der Waals surface area (Å²) in [5.74, 6) is 0.917. The van der Waals surface area contributed by atoms with Crippen molar-refractivity contribution in [2.24, 2.45) is 5.92 Å². The maximum absolute atomic E-state index is 12.6. The summed E-state index contributed by atoms with van der Waals surface area (Å²) in [5.41, 5.74) is -0.356. The molecule has 0 bridgehead atoms. The highest BCUT2D eigenvalue weighted by molar-refractivity contribution is 5.88. The van der Waals surface area contributed by atoms with Crippen LogP contribution in [0.2, 0.25) is 0 Å². The van der Waals surface area contributed by atoms with Crippen molar-refractivity contribution in [3.8, 4) is 0 Å². The van der Waals surface area contributed by atoms with Crippen molar-refractivity contribution in [2.45, 2.75) is 85.0 Å². The topological polar surface area (TPSA) is 32.3 Å². The lowest BCUT2D eigenvalue weighted by atomic mass is 9.98. The fraction of sp³-hybridized carbons (Fsp3) is 0.933. The van der Waals surface area contributed by atoms with Crippen LogP contribution in [0.3, 0.4) is 0 Å². The second-order valence-corrected chi connectivity index (χ2v) is 6.33. The van der Waals surface area contributed by atoms with E-state index in [-0.39, 0.29) is 17.6 Å². The van der Waals surface area contributed by atoms with Crippen LogP contribution in [0.1, 0.15) is 67.2 Å². The molecule has 3 atom stereocenters. The van der Waals surface area contributed by atoms with Crippen LogP contribution in [-0.4, -0.2) is 28.6 Å². The van der Waals surface area contributed by atoms with E-state index in [1.165, 1.54) is 0 Å². The Morgan fingerprint density at radius 2 is 1.94 bits per heavy atom. The first-order valence-corrected chi connectivity index (χ1v) is 7.46. The smallest absolute Gasteiger partial charge is 0.244 e. The van der Waals surface area contributed by atoms with Crippen LogP contribution in [-0.2, 0) is 4.79 Å². The third kappa shape index (κ3) is 3.05. The van der Waals surface area contributed by atoms with Crippen LogP contribution in [0.5, 0.6) is 0 Å². The summed E-state index contributed by atoms with van der Waals surface area (Å²) in [5, 5.41) is 3.55. The molecule has 0 spiro atoms. The second kappa shape index (κ2) is 6.05. The number of hydrogen-bond acceptors (Lipinski definition) is 2. The molecule has 3 nitrogen and oxygen atoms in total. The minimum atomic E-state index is -0.356. The van der Waals surface area contributed by atoms with Gasteiger partial charge in [0.2, 0.25) is 5.91 Å². The van der Waals surface area contributed by atoms with Crippen molar-refractivity contribution in [3.05, 3.63) is 0 Å². The van der Waals surface area contributed by atoms with Gasteiger partial charge < -0.3 is 4.90 Å². The van der Waals surface area contributed by atoms with Crippen molar-refractivity contribution in [3.63, 3.8) is 0 Å². The van der Waals surface area contributed by atoms with E-state index in [0.717, 1.165) is 25.7 Å². The SMILES string of the molecule is CCCC1NC(C)(CC)C(=O)N1C(C)CC(C)C. The molecule has 3 unspecified atom stereocenters. The summed E-state index contributed by atoms with van der Waals surface area (Å²) in [6.07, 6.45) is 4.31. The van der Waals surface area contributed by atoms with Gasteiger partial charge in [0.1, 0.15) is 0 Å². The van der Waals surface area contributed by atoms with E-state index in [9.17, 15) is 4.79 Å². The van der Waals surface area contributed by atoms with Gasteiger partial charge in [-0.15, -0.1) is 0 Å². The highest BCUT2D eigenvalue weighted by Gasteiger charge is 2.47. The van der Waals surface area contributed by atoms with Crippen LogP contribution in [0.4, 0.5) is 0 Å². The van der Waals surface area contributed by atoms with Gasteiger partial charge in [0.15, 0.2) is 0 Å². The monoisotopic (exact) mass is 254 g/mol. The molecular formula is C15H30N2O. The van der Waals surface area contributed by atoms with E-state index in [0.29, 0.717) is 12.0 Å². The molecule has 1 fully saturated rings. The van der Waals surface area contributed by atoms with Gasteiger partial charge in [-0.3, -0.25) is 10.1 Å². The summed E-state index contributed by atoms with van der Waals surface area (Å²) in [4.78, 5) is 14.7. The van der Waals surface area contributed by atoms with E-state index < -0.39 is 0 Å². The molecule has 1 saturated heterocycles. The zero-order valence-corrected chi connectivity index (χ0v) is 12.9. The fourth-order valence-electron chi connectivity index (χ4n) is 2.97. The lowest BCUT2D eigenvalue weighted by Gasteiger charge is -2.31. The molecule has 1 N–H and O–H groups in total. The van der Waals surface area contributed by atoms with E-state index in [1.54, 1.807) is 0 Å². The lowest BCUT2D eigenvalue weighted by molar-refractivity contribution is -0.135. The molecule has 3 heteroatoms. The van der Waals surface area contributed by atoms with Crippen molar-refractivity contribution >= 4 is 5.91 Å². The molecule has 0 aliphatic carbocycles.